The maximum absolute atomic E-state index is 6.12. The van der Waals surface area contributed by atoms with Crippen LogP contribution in [0.15, 0.2) is 48.5 Å². The van der Waals surface area contributed by atoms with Crippen LogP contribution in [0.25, 0.3) is 0 Å². The van der Waals surface area contributed by atoms with E-state index in [4.69, 9.17) is 17.4 Å². The zero-order valence-electron chi connectivity index (χ0n) is 12.2. The van der Waals surface area contributed by atoms with Gasteiger partial charge in [-0.3, -0.25) is 0 Å². The topological polar surface area (TPSA) is 29.3 Å². The van der Waals surface area contributed by atoms with Gasteiger partial charge in [-0.05, 0) is 40.8 Å². The molecule has 0 bridgehead atoms. The van der Waals surface area contributed by atoms with Gasteiger partial charge in [0.25, 0.3) is 0 Å². The lowest BCUT2D eigenvalue weighted by molar-refractivity contribution is 0.590. The van der Waals surface area contributed by atoms with Gasteiger partial charge in [-0.25, -0.2) is 5.84 Å². The van der Waals surface area contributed by atoms with Gasteiger partial charge in [-0.1, -0.05) is 56.6 Å². The van der Waals surface area contributed by atoms with Gasteiger partial charge in [-0.15, -0.1) is 0 Å². The second-order valence-electron chi connectivity index (χ2n) is 6.05. The molecule has 0 aromatic heterocycles. The van der Waals surface area contributed by atoms with Gasteiger partial charge in [0.2, 0.25) is 0 Å². The van der Waals surface area contributed by atoms with Crippen molar-refractivity contribution in [3.05, 3.63) is 64.7 Å². The SMILES string of the molecule is CC(C)(C)c1ccc(N(N)Cc2ccc(Cl)cc2)cc1. The van der Waals surface area contributed by atoms with E-state index in [2.05, 4.69) is 45.0 Å². The number of nitrogens with two attached hydrogens (primary N) is 1. The molecule has 0 unspecified atom stereocenters. The molecular weight excluding hydrogens is 268 g/mol. The van der Waals surface area contributed by atoms with Crippen molar-refractivity contribution in [1.29, 1.82) is 0 Å². The minimum Gasteiger partial charge on any atom is -0.307 e. The summed E-state index contributed by atoms with van der Waals surface area (Å²) in [6, 6.07) is 16.2. The predicted octanol–water partition coefficient (Wildman–Crippen LogP) is 4.52. The van der Waals surface area contributed by atoms with Gasteiger partial charge in [0.15, 0.2) is 0 Å². The maximum atomic E-state index is 6.12. The zero-order chi connectivity index (χ0) is 14.8. The smallest absolute Gasteiger partial charge is 0.0592 e. The Bertz CT molecular complexity index is 553. The van der Waals surface area contributed by atoms with Crippen LogP contribution in [0.5, 0.6) is 0 Å². The van der Waals surface area contributed by atoms with Crippen LogP contribution >= 0.6 is 11.6 Å². The van der Waals surface area contributed by atoms with Gasteiger partial charge >= 0.3 is 0 Å². The second-order valence-corrected chi connectivity index (χ2v) is 6.49. The highest BCUT2D eigenvalue weighted by Gasteiger charge is 2.13. The first-order chi connectivity index (χ1) is 9.36. The third-order valence-corrected chi connectivity index (χ3v) is 3.58. The van der Waals surface area contributed by atoms with Crippen molar-refractivity contribution >= 4 is 17.3 Å². The van der Waals surface area contributed by atoms with Gasteiger partial charge in [0.1, 0.15) is 0 Å². The average Bonchev–Trinajstić information content (AvgIpc) is 2.40. The molecule has 0 atom stereocenters. The molecule has 0 aliphatic carbocycles. The van der Waals surface area contributed by atoms with E-state index in [9.17, 15) is 0 Å². The van der Waals surface area contributed by atoms with Crippen LogP contribution in [0.2, 0.25) is 5.02 Å². The Morgan fingerprint density at radius 1 is 0.950 bits per heavy atom. The zero-order valence-corrected chi connectivity index (χ0v) is 13.0. The molecule has 106 valence electrons. The second kappa shape index (κ2) is 5.86. The molecule has 0 aliphatic rings. The molecule has 0 spiro atoms. The lowest BCUT2D eigenvalue weighted by Gasteiger charge is -2.22. The molecule has 2 rings (SSSR count). The van der Waals surface area contributed by atoms with E-state index in [1.165, 1.54) is 5.56 Å². The monoisotopic (exact) mass is 288 g/mol. The number of benzene rings is 2. The summed E-state index contributed by atoms with van der Waals surface area (Å²) in [6.07, 6.45) is 0. The molecule has 2 aromatic rings. The van der Waals surface area contributed by atoms with Crippen LogP contribution in [-0.4, -0.2) is 0 Å². The van der Waals surface area contributed by atoms with Crippen LogP contribution in [0.3, 0.4) is 0 Å². The Morgan fingerprint density at radius 2 is 1.50 bits per heavy atom. The minimum absolute atomic E-state index is 0.161. The molecule has 0 fully saturated rings. The molecule has 0 amide bonds. The molecule has 0 saturated heterocycles. The normalized spacial score (nSPS) is 11.4. The van der Waals surface area contributed by atoms with Crippen LogP contribution in [0, 0.1) is 0 Å². The van der Waals surface area contributed by atoms with E-state index in [0.717, 1.165) is 16.3 Å². The molecule has 0 saturated carbocycles. The van der Waals surface area contributed by atoms with E-state index in [0.29, 0.717) is 6.54 Å². The van der Waals surface area contributed by atoms with Crippen molar-refractivity contribution in [2.75, 3.05) is 5.01 Å². The summed E-state index contributed by atoms with van der Waals surface area (Å²) in [4.78, 5) is 0. The summed E-state index contributed by atoms with van der Waals surface area (Å²) < 4.78 is 0. The number of hydrogen-bond donors (Lipinski definition) is 1. The van der Waals surface area contributed by atoms with Gasteiger partial charge < -0.3 is 5.01 Å². The van der Waals surface area contributed by atoms with Crippen LogP contribution in [0.1, 0.15) is 31.9 Å². The number of rotatable bonds is 3. The number of halogens is 1. The predicted molar refractivity (Wildman–Crippen MR) is 87.0 cm³/mol. The largest absolute Gasteiger partial charge is 0.307 e. The number of hydrogen-bond acceptors (Lipinski definition) is 2. The van der Waals surface area contributed by atoms with Gasteiger partial charge in [0.05, 0.1) is 12.2 Å². The van der Waals surface area contributed by atoms with Crippen molar-refractivity contribution in [2.24, 2.45) is 5.84 Å². The first kappa shape index (κ1) is 14.9. The summed E-state index contributed by atoms with van der Waals surface area (Å²) in [7, 11) is 0. The first-order valence-corrected chi connectivity index (χ1v) is 7.11. The average molecular weight is 289 g/mol. The van der Waals surface area contributed by atoms with Crippen molar-refractivity contribution in [2.45, 2.75) is 32.7 Å². The molecule has 20 heavy (non-hydrogen) atoms. The van der Waals surface area contributed by atoms with Crippen LogP contribution < -0.4 is 10.9 Å². The molecule has 2 N–H and O–H groups in total. The summed E-state index contributed by atoms with van der Waals surface area (Å²) in [5.74, 6) is 6.12. The number of nitrogens with zero attached hydrogens (tertiary/aromatic N) is 1. The Hall–Kier alpha value is -1.51. The fourth-order valence-electron chi connectivity index (χ4n) is 2.03. The fourth-order valence-corrected chi connectivity index (χ4v) is 2.16. The van der Waals surface area contributed by atoms with Crippen molar-refractivity contribution in [1.82, 2.24) is 0 Å². The van der Waals surface area contributed by atoms with Crippen LogP contribution in [-0.2, 0) is 12.0 Å². The Kier molecular flexibility index (Phi) is 4.36. The highest BCUT2D eigenvalue weighted by atomic mass is 35.5. The Morgan fingerprint density at radius 3 is 2.00 bits per heavy atom. The number of hydrazine groups is 1. The van der Waals surface area contributed by atoms with E-state index < -0.39 is 0 Å². The lowest BCUT2D eigenvalue weighted by Crippen LogP contribution is -2.30. The molecule has 0 radical (unpaired) electrons. The van der Waals surface area contributed by atoms with Gasteiger partial charge in [-0.2, -0.15) is 0 Å². The summed E-state index contributed by atoms with van der Waals surface area (Å²) >= 11 is 5.88. The third-order valence-electron chi connectivity index (χ3n) is 3.33. The van der Waals surface area contributed by atoms with Crippen molar-refractivity contribution in [3.8, 4) is 0 Å². The highest BCUT2D eigenvalue weighted by Crippen LogP contribution is 2.24. The van der Waals surface area contributed by atoms with E-state index >= 15 is 0 Å². The molecule has 0 heterocycles. The fraction of sp³-hybridized carbons (Fsp3) is 0.294. The summed E-state index contributed by atoms with van der Waals surface area (Å²) in [6.45, 7) is 7.27. The van der Waals surface area contributed by atoms with Crippen molar-refractivity contribution < 1.29 is 0 Å². The minimum atomic E-state index is 0.161. The highest BCUT2D eigenvalue weighted by molar-refractivity contribution is 6.30. The standard InChI is InChI=1S/C17H21ClN2/c1-17(2,3)14-6-10-16(11-7-14)20(19)12-13-4-8-15(18)9-5-13/h4-11H,12,19H2,1-3H3. The lowest BCUT2D eigenvalue weighted by atomic mass is 9.87. The molecule has 2 nitrogen and oxygen atoms in total. The maximum Gasteiger partial charge on any atom is 0.0592 e. The van der Waals surface area contributed by atoms with E-state index in [1.54, 1.807) is 5.01 Å². The van der Waals surface area contributed by atoms with E-state index in [1.807, 2.05) is 24.3 Å². The summed E-state index contributed by atoms with van der Waals surface area (Å²) in [5.41, 5.74) is 3.61. The molecule has 3 heteroatoms. The molecule has 2 aromatic carbocycles. The van der Waals surface area contributed by atoms with E-state index in [-0.39, 0.29) is 5.41 Å². The Balaban J connectivity index is 2.09. The Labute approximate surface area is 126 Å². The quantitative estimate of drug-likeness (QED) is 0.665. The number of anilines is 1. The summed E-state index contributed by atoms with van der Waals surface area (Å²) in [5, 5.41) is 2.49. The van der Waals surface area contributed by atoms with Gasteiger partial charge in [0, 0.05) is 5.02 Å². The molecule has 0 aliphatic heterocycles. The third kappa shape index (κ3) is 3.75. The molecular formula is C17H21ClN2. The van der Waals surface area contributed by atoms with Crippen LogP contribution in [0.4, 0.5) is 5.69 Å². The van der Waals surface area contributed by atoms with Crippen molar-refractivity contribution in [3.63, 3.8) is 0 Å². The first-order valence-electron chi connectivity index (χ1n) is 6.73.